The zero-order valence-corrected chi connectivity index (χ0v) is 31.7. The lowest BCUT2D eigenvalue weighted by molar-refractivity contribution is 0.583. The molecule has 9 heteroatoms. The van der Waals surface area contributed by atoms with Gasteiger partial charge >= 0.3 is 0 Å². The van der Waals surface area contributed by atoms with Crippen molar-refractivity contribution in [2.24, 2.45) is 11.8 Å². The van der Waals surface area contributed by atoms with Crippen LogP contribution in [0.1, 0.15) is 22.3 Å². The maximum Gasteiger partial charge on any atom is 0.152 e. The highest BCUT2D eigenvalue weighted by molar-refractivity contribution is 7.91. The lowest BCUT2D eigenvalue weighted by Crippen LogP contribution is -2.28. The standard InChI is InChI=1S/C46H36Cl2F4O2S/c47-45(25-21-35-11-3-7-15-43(35)51)27-23-39(37(29-45)19-17-33-9-1-5-13-41(33)49)31-55(53,54)32-40-24-28-46(48,26-22-36-12-4-8-16-44(36)52)30-38(40)20-18-34-10-2-6-14-42(34)50/h1-30,39-40H,31-32H2/b19-17+,20-18+,25-21+,26-22+. The topological polar surface area (TPSA) is 34.1 Å². The molecule has 4 aromatic rings. The van der Waals surface area contributed by atoms with Crippen molar-refractivity contribution in [1.82, 2.24) is 0 Å². The molecule has 0 N–H and O–H groups in total. The number of hydrogen-bond donors (Lipinski definition) is 0. The van der Waals surface area contributed by atoms with Gasteiger partial charge in [0.05, 0.1) is 21.3 Å². The molecule has 0 radical (unpaired) electrons. The summed E-state index contributed by atoms with van der Waals surface area (Å²) in [4.78, 5) is -2.45. The Bertz CT molecular complexity index is 2250. The molecule has 55 heavy (non-hydrogen) atoms. The third-order valence-corrected chi connectivity index (χ3v) is 11.7. The van der Waals surface area contributed by atoms with Gasteiger partial charge in [-0.3, -0.25) is 0 Å². The maximum absolute atomic E-state index is 14.6. The van der Waals surface area contributed by atoms with Gasteiger partial charge in [0.25, 0.3) is 0 Å². The highest BCUT2D eigenvalue weighted by Gasteiger charge is 2.32. The van der Waals surface area contributed by atoms with Gasteiger partial charge < -0.3 is 0 Å². The summed E-state index contributed by atoms with van der Waals surface area (Å²) in [5.41, 5.74) is 2.31. The van der Waals surface area contributed by atoms with Crippen LogP contribution >= 0.6 is 23.2 Å². The molecule has 4 atom stereocenters. The number of benzene rings is 4. The molecule has 0 saturated heterocycles. The van der Waals surface area contributed by atoms with E-state index in [2.05, 4.69) is 0 Å². The molecule has 0 saturated carbocycles. The molecule has 4 unspecified atom stereocenters. The maximum atomic E-state index is 14.6. The van der Waals surface area contributed by atoms with Crippen LogP contribution in [-0.2, 0) is 9.84 Å². The summed E-state index contributed by atoms with van der Waals surface area (Å²) in [6, 6.07) is 24.8. The van der Waals surface area contributed by atoms with E-state index < -0.39 is 54.7 Å². The predicted molar refractivity (Wildman–Crippen MR) is 219 cm³/mol. The monoisotopic (exact) mass is 798 g/mol. The first-order valence-corrected chi connectivity index (χ1v) is 20.0. The zero-order chi connectivity index (χ0) is 39.1. The summed E-state index contributed by atoms with van der Waals surface area (Å²) < 4.78 is 86.1. The van der Waals surface area contributed by atoms with E-state index in [9.17, 15) is 26.0 Å². The van der Waals surface area contributed by atoms with E-state index in [-0.39, 0.29) is 11.5 Å². The van der Waals surface area contributed by atoms with Crippen LogP contribution in [-0.4, -0.2) is 29.7 Å². The van der Waals surface area contributed by atoms with E-state index in [1.807, 2.05) is 0 Å². The second-order valence-corrected chi connectivity index (χ2v) is 16.8. The van der Waals surface area contributed by atoms with Crippen molar-refractivity contribution in [3.63, 3.8) is 0 Å². The van der Waals surface area contributed by atoms with Crippen LogP contribution < -0.4 is 0 Å². The highest BCUT2D eigenvalue weighted by atomic mass is 35.5. The van der Waals surface area contributed by atoms with Crippen LogP contribution in [0.2, 0.25) is 0 Å². The van der Waals surface area contributed by atoms with E-state index in [0.717, 1.165) is 0 Å². The molecule has 0 spiro atoms. The summed E-state index contributed by atoms with van der Waals surface area (Å²) >= 11 is 13.9. The van der Waals surface area contributed by atoms with Crippen molar-refractivity contribution in [2.45, 2.75) is 9.75 Å². The minimum Gasteiger partial charge on any atom is -0.229 e. The van der Waals surface area contributed by atoms with Crippen molar-refractivity contribution in [2.75, 3.05) is 11.5 Å². The van der Waals surface area contributed by atoms with Gasteiger partial charge in [-0.15, -0.1) is 23.2 Å². The molecule has 0 fully saturated rings. The Morgan fingerprint density at radius 2 is 0.800 bits per heavy atom. The summed E-state index contributed by atoms with van der Waals surface area (Å²) in [5.74, 6) is -3.68. The molecule has 0 bridgehead atoms. The van der Waals surface area contributed by atoms with Gasteiger partial charge in [-0.1, -0.05) is 158 Å². The summed E-state index contributed by atoms with van der Waals surface area (Å²) in [6.07, 6.45) is 22.8. The van der Waals surface area contributed by atoms with Gasteiger partial charge in [0, 0.05) is 34.1 Å². The third kappa shape index (κ3) is 10.6. The lowest BCUT2D eigenvalue weighted by atomic mass is 9.87. The van der Waals surface area contributed by atoms with Crippen molar-refractivity contribution in [3.05, 3.63) is 214 Å². The first-order chi connectivity index (χ1) is 26.3. The summed E-state index contributed by atoms with van der Waals surface area (Å²) in [6.45, 7) is 0. The molecular weight excluding hydrogens is 763 g/mol. The normalized spacial score (nSPS) is 22.9. The fourth-order valence-corrected chi connectivity index (χ4v) is 8.65. The molecule has 4 aromatic carbocycles. The van der Waals surface area contributed by atoms with Crippen LogP contribution in [0.15, 0.2) is 169 Å². The van der Waals surface area contributed by atoms with Crippen LogP contribution in [0, 0.1) is 35.1 Å². The molecular formula is C46H36Cl2F4O2S. The van der Waals surface area contributed by atoms with Gasteiger partial charge in [0.15, 0.2) is 9.84 Å². The zero-order valence-electron chi connectivity index (χ0n) is 29.4. The van der Waals surface area contributed by atoms with E-state index in [0.29, 0.717) is 33.4 Å². The second-order valence-electron chi connectivity index (χ2n) is 13.4. The first-order valence-electron chi connectivity index (χ1n) is 17.5. The van der Waals surface area contributed by atoms with E-state index in [1.165, 1.54) is 24.3 Å². The summed E-state index contributed by atoms with van der Waals surface area (Å²) in [5, 5.41) is 0. The Morgan fingerprint density at radius 1 is 0.491 bits per heavy atom. The third-order valence-electron chi connectivity index (χ3n) is 9.24. The fourth-order valence-electron chi connectivity index (χ4n) is 6.29. The number of halogens is 6. The molecule has 0 aliphatic heterocycles. The van der Waals surface area contributed by atoms with Gasteiger partial charge in [0.2, 0.25) is 0 Å². The van der Waals surface area contributed by atoms with Gasteiger partial charge in [-0.05, 0) is 35.4 Å². The van der Waals surface area contributed by atoms with E-state index >= 15 is 0 Å². The lowest BCUT2D eigenvalue weighted by Gasteiger charge is -2.28. The highest BCUT2D eigenvalue weighted by Crippen LogP contribution is 2.37. The predicted octanol–water partition coefficient (Wildman–Crippen LogP) is 12.0. The number of rotatable bonds is 12. The average Bonchev–Trinajstić information content (AvgIpc) is 3.15. The number of hydrogen-bond acceptors (Lipinski definition) is 2. The number of sulfone groups is 1. The number of alkyl halides is 2. The Kier molecular flexibility index (Phi) is 12.5. The SMILES string of the molecule is O=S(=O)(CC1C=CC(Cl)(/C=C/c2ccccc2F)C=C1/C=C/c1ccccc1F)CC1C=CC(Cl)(/C=C/c2ccccc2F)C=C1/C=C/c1ccccc1F. The minimum absolute atomic E-state index is 0.305. The Morgan fingerprint density at radius 3 is 1.13 bits per heavy atom. The molecule has 0 heterocycles. The molecule has 0 amide bonds. The van der Waals surface area contributed by atoms with Crippen LogP contribution in [0.4, 0.5) is 17.6 Å². The Hall–Kier alpha value is -4.95. The number of allylic oxidation sites excluding steroid dienone is 12. The quantitative estimate of drug-likeness (QED) is 0.0813. The minimum atomic E-state index is -3.85. The second kappa shape index (κ2) is 17.2. The van der Waals surface area contributed by atoms with Gasteiger partial charge in [0.1, 0.15) is 23.3 Å². The van der Waals surface area contributed by atoms with Crippen molar-refractivity contribution < 1.29 is 26.0 Å². The Labute approximate surface area is 329 Å². The van der Waals surface area contributed by atoms with Crippen molar-refractivity contribution in [3.8, 4) is 0 Å². The smallest absolute Gasteiger partial charge is 0.152 e. The van der Waals surface area contributed by atoms with Crippen molar-refractivity contribution in [1.29, 1.82) is 0 Å². The largest absolute Gasteiger partial charge is 0.229 e. The van der Waals surface area contributed by atoms with Gasteiger partial charge in [-0.2, -0.15) is 0 Å². The molecule has 0 aromatic heterocycles. The van der Waals surface area contributed by atoms with Gasteiger partial charge in [-0.25, -0.2) is 26.0 Å². The van der Waals surface area contributed by atoms with Crippen LogP contribution in [0.25, 0.3) is 24.3 Å². The van der Waals surface area contributed by atoms with Crippen LogP contribution in [0.3, 0.4) is 0 Å². The molecule has 2 aliphatic rings. The molecule has 6 rings (SSSR count). The Balaban J connectivity index is 1.29. The van der Waals surface area contributed by atoms with Crippen LogP contribution in [0.5, 0.6) is 0 Å². The molecule has 280 valence electrons. The molecule has 2 nitrogen and oxygen atoms in total. The summed E-state index contributed by atoms with van der Waals surface area (Å²) in [7, 11) is -3.85. The van der Waals surface area contributed by atoms with E-state index in [4.69, 9.17) is 23.2 Å². The van der Waals surface area contributed by atoms with E-state index in [1.54, 1.807) is 158 Å². The fraction of sp³-hybridized carbons (Fsp3) is 0.130. The first kappa shape index (κ1) is 39.7. The average molecular weight is 800 g/mol. The van der Waals surface area contributed by atoms with Crippen molar-refractivity contribution >= 4 is 57.3 Å². The molecule has 2 aliphatic carbocycles.